The standard InChI is InChI=1S/C13H8Br2F3N/c14-6-1-2-7(9(15)5-6)13(19)8-3-4-10(16)12(18)11(8)17/h1-5,13H,19H2. The maximum atomic E-state index is 13.7. The highest BCUT2D eigenvalue weighted by Gasteiger charge is 2.20. The summed E-state index contributed by atoms with van der Waals surface area (Å²) in [4.78, 5) is 0. The molecule has 1 unspecified atom stereocenters. The van der Waals surface area contributed by atoms with E-state index in [1.165, 1.54) is 0 Å². The third-order valence-electron chi connectivity index (χ3n) is 2.70. The minimum atomic E-state index is -1.51. The Bertz CT molecular complexity index is 632. The number of nitrogens with two attached hydrogens (primary N) is 1. The van der Waals surface area contributed by atoms with E-state index in [0.717, 1.165) is 16.6 Å². The first-order valence-electron chi connectivity index (χ1n) is 5.25. The molecule has 2 rings (SSSR count). The zero-order valence-electron chi connectivity index (χ0n) is 9.43. The summed E-state index contributed by atoms with van der Waals surface area (Å²) in [6.07, 6.45) is 0. The summed E-state index contributed by atoms with van der Waals surface area (Å²) in [6.45, 7) is 0. The van der Waals surface area contributed by atoms with Gasteiger partial charge in [-0.3, -0.25) is 0 Å². The van der Waals surface area contributed by atoms with E-state index >= 15 is 0 Å². The molecule has 0 spiro atoms. The van der Waals surface area contributed by atoms with Crippen LogP contribution in [0.25, 0.3) is 0 Å². The highest BCUT2D eigenvalue weighted by Crippen LogP contribution is 2.31. The first kappa shape index (κ1) is 14.6. The number of halogens is 5. The molecule has 0 radical (unpaired) electrons. The first-order chi connectivity index (χ1) is 8.91. The van der Waals surface area contributed by atoms with Crippen LogP contribution in [0.5, 0.6) is 0 Å². The number of hydrogen-bond donors (Lipinski definition) is 1. The predicted octanol–water partition coefficient (Wildman–Crippen LogP) is 4.68. The molecule has 1 atom stereocenters. The molecule has 0 aromatic heterocycles. The van der Waals surface area contributed by atoms with E-state index in [2.05, 4.69) is 31.9 Å². The van der Waals surface area contributed by atoms with Crippen molar-refractivity contribution >= 4 is 31.9 Å². The van der Waals surface area contributed by atoms with E-state index in [0.29, 0.717) is 10.0 Å². The molecule has 6 heteroatoms. The Labute approximate surface area is 124 Å². The van der Waals surface area contributed by atoms with Crippen molar-refractivity contribution < 1.29 is 13.2 Å². The van der Waals surface area contributed by atoms with Crippen molar-refractivity contribution in [1.29, 1.82) is 0 Å². The number of benzene rings is 2. The van der Waals surface area contributed by atoms with Crippen LogP contribution in [-0.4, -0.2) is 0 Å². The van der Waals surface area contributed by atoms with Crippen LogP contribution in [0.2, 0.25) is 0 Å². The zero-order chi connectivity index (χ0) is 14.2. The second-order valence-corrected chi connectivity index (χ2v) is 5.68. The van der Waals surface area contributed by atoms with Gasteiger partial charge in [0, 0.05) is 14.5 Å². The summed E-state index contributed by atoms with van der Waals surface area (Å²) in [7, 11) is 0. The van der Waals surface area contributed by atoms with Crippen LogP contribution in [0.4, 0.5) is 13.2 Å². The topological polar surface area (TPSA) is 26.0 Å². The second kappa shape index (κ2) is 5.64. The van der Waals surface area contributed by atoms with Crippen molar-refractivity contribution in [2.75, 3.05) is 0 Å². The maximum Gasteiger partial charge on any atom is 0.194 e. The van der Waals surface area contributed by atoms with Gasteiger partial charge >= 0.3 is 0 Å². The maximum absolute atomic E-state index is 13.7. The summed E-state index contributed by atoms with van der Waals surface area (Å²) in [5.41, 5.74) is 6.39. The van der Waals surface area contributed by atoms with Gasteiger partial charge < -0.3 is 5.73 Å². The molecule has 0 saturated carbocycles. The van der Waals surface area contributed by atoms with Crippen LogP contribution in [0.15, 0.2) is 39.3 Å². The Kier molecular flexibility index (Phi) is 4.32. The SMILES string of the molecule is NC(c1ccc(Br)cc1Br)c1ccc(F)c(F)c1F. The molecular formula is C13H8Br2F3N. The van der Waals surface area contributed by atoms with Crippen LogP contribution >= 0.6 is 31.9 Å². The fraction of sp³-hybridized carbons (Fsp3) is 0.0769. The third-order valence-corrected chi connectivity index (χ3v) is 3.88. The Morgan fingerprint density at radius 1 is 0.895 bits per heavy atom. The Balaban J connectivity index is 2.50. The largest absolute Gasteiger partial charge is 0.320 e. The highest BCUT2D eigenvalue weighted by molar-refractivity contribution is 9.11. The Morgan fingerprint density at radius 2 is 1.53 bits per heavy atom. The minimum Gasteiger partial charge on any atom is -0.320 e. The predicted molar refractivity (Wildman–Crippen MR) is 74.2 cm³/mol. The molecule has 2 aromatic carbocycles. The zero-order valence-corrected chi connectivity index (χ0v) is 12.6. The van der Waals surface area contributed by atoms with Gasteiger partial charge in [0.2, 0.25) is 0 Å². The van der Waals surface area contributed by atoms with Crippen LogP contribution in [0.1, 0.15) is 17.2 Å². The molecule has 19 heavy (non-hydrogen) atoms. The lowest BCUT2D eigenvalue weighted by Gasteiger charge is -2.16. The lowest BCUT2D eigenvalue weighted by molar-refractivity contribution is 0.438. The van der Waals surface area contributed by atoms with Crippen LogP contribution < -0.4 is 5.73 Å². The number of rotatable bonds is 2. The van der Waals surface area contributed by atoms with Gasteiger partial charge in [-0.05, 0) is 23.8 Å². The summed E-state index contributed by atoms with van der Waals surface area (Å²) >= 11 is 6.59. The quantitative estimate of drug-likeness (QED) is 0.735. The van der Waals surface area contributed by atoms with Gasteiger partial charge in [0.15, 0.2) is 17.5 Å². The monoisotopic (exact) mass is 393 g/mol. The number of hydrogen-bond acceptors (Lipinski definition) is 1. The van der Waals surface area contributed by atoms with Crippen molar-refractivity contribution in [2.45, 2.75) is 6.04 Å². The van der Waals surface area contributed by atoms with Crippen molar-refractivity contribution in [3.05, 3.63) is 67.9 Å². The summed E-state index contributed by atoms with van der Waals surface area (Å²) in [6, 6.07) is 6.27. The lowest BCUT2D eigenvalue weighted by atomic mass is 9.99. The molecule has 1 nitrogen and oxygen atoms in total. The van der Waals surface area contributed by atoms with Gasteiger partial charge in [-0.25, -0.2) is 13.2 Å². The van der Waals surface area contributed by atoms with Crippen molar-refractivity contribution in [3.8, 4) is 0 Å². The van der Waals surface area contributed by atoms with E-state index < -0.39 is 23.5 Å². The second-order valence-electron chi connectivity index (χ2n) is 3.91. The smallest absolute Gasteiger partial charge is 0.194 e. The third kappa shape index (κ3) is 2.85. The average molecular weight is 395 g/mol. The highest BCUT2D eigenvalue weighted by atomic mass is 79.9. The molecule has 0 heterocycles. The molecule has 0 bridgehead atoms. The van der Waals surface area contributed by atoms with E-state index in [1.54, 1.807) is 18.2 Å². The van der Waals surface area contributed by atoms with Gasteiger partial charge in [0.25, 0.3) is 0 Å². The van der Waals surface area contributed by atoms with Crippen molar-refractivity contribution in [1.82, 2.24) is 0 Å². The summed E-state index contributed by atoms with van der Waals surface area (Å²) in [5.74, 6) is -4.01. The molecule has 0 aliphatic heterocycles. The van der Waals surface area contributed by atoms with Crippen LogP contribution in [0, 0.1) is 17.5 Å². The fourth-order valence-corrected chi connectivity index (χ4v) is 3.00. The Morgan fingerprint density at radius 3 is 2.16 bits per heavy atom. The normalized spacial score (nSPS) is 12.5. The van der Waals surface area contributed by atoms with Crippen LogP contribution in [-0.2, 0) is 0 Å². The molecule has 0 amide bonds. The van der Waals surface area contributed by atoms with Crippen molar-refractivity contribution in [2.24, 2.45) is 5.73 Å². The van der Waals surface area contributed by atoms with Gasteiger partial charge in [-0.1, -0.05) is 44.0 Å². The van der Waals surface area contributed by atoms with E-state index in [-0.39, 0.29) is 5.56 Å². The molecule has 2 N–H and O–H groups in total. The van der Waals surface area contributed by atoms with Crippen LogP contribution in [0.3, 0.4) is 0 Å². The average Bonchev–Trinajstić information content (AvgIpc) is 2.35. The Hall–Kier alpha value is -0.850. The van der Waals surface area contributed by atoms with Gasteiger partial charge in [-0.15, -0.1) is 0 Å². The van der Waals surface area contributed by atoms with Gasteiger partial charge in [-0.2, -0.15) is 0 Å². The molecule has 0 aliphatic carbocycles. The molecule has 2 aromatic rings. The van der Waals surface area contributed by atoms with Crippen molar-refractivity contribution in [3.63, 3.8) is 0 Å². The fourth-order valence-electron chi connectivity index (χ4n) is 1.70. The van der Waals surface area contributed by atoms with E-state index in [9.17, 15) is 13.2 Å². The molecule has 100 valence electrons. The lowest BCUT2D eigenvalue weighted by Crippen LogP contribution is -2.15. The van der Waals surface area contributed by atoms with Gasteiger partial charge in [0.05, 0.1) is 6.04 Å². The molecule has 0 saturated heterocycles. The summed E-state index contributed by atoms with van der Waals surface area (Å²) in [5, 5.41) is 0. The molecular weight excluding hydrogens is 387 g/mol. The first-order valence-corrected chi connectivity index (χ1v) is 6.84. The minimum absolute atomic E-state index is 0.0954. The van der Waals surface area contributed by atoms with Gasteiger partial charge in [0.1, 0.15) is 0 Å². The summed E-state index contributed by atoms with van der Waals surface area (Å²) < 4.78 is 41.3. The van der Waals surface area contributed by atoms with E-state index in [4.69, 9.17) is 5.73 Å². The molecule has 0 aliphatic rings. The van der Waals surface area contributed by atoms with E-state index in [1.807, 2.05) is 0 Å². The molecule has 0 fully saturated rings.